The normalized spacial score (nSPS) is 15.7. The van der Waals surface area contributed by atoms with E-state index >= 15 is 0 Å². The van der Waals surface area contributed by atoms with Crippen LogP contribution in [0.5, 0.6) is 0 Å². The quantitative estimate of drug-likeness (QED) is 0.700. The molecule has 1 saturated heterocycles. The van der Waals surface area contributed by atoms with Gasteiger partial charge in [-0.1, -0.05) is 0 Å². The van der Waals surface area contributed by atoms with Crippen LogP contribution in [0.2, 0.25) is 0 Å². The van der Waals surface area contributed by atoms with Gasteiger partial charge in [0, 0.05) is 11.7 Å². The van der Waals surface area contributed by atoms with Crippen LogP contribution in [0.1, 0.15) is 28.1 Å². The number of nitrogens with one attached hydrogen (secondary N) is 2. The van der Waals surface area contributed by atoms with E-state index in [1.807, 2.05) is 6.07 Å². The van der Waals surface area contributed by atoms with Crippen LogP contribution >= 0.6 is 11.3 Å². The molecule has 0 bridgehead atoms. The van der Waals surface area contributed by atoms with E-state index in [0.29, 0.717) is 16.3 Å². The van der Waals surface area contributed by atoms with Crippen LogP contribution in [0.15, 0.2) is 30.6 Å². The molecule has 0 aliphatic carbocycles. The molecule has 0 saturated carbocycles. The summed E-state index contributed by atoms with van der Waals surface area (Å²) in [6.07, 6.45) is 3.39. The van der Waals surface area contributed by atoms with Gasteiger partial charge in [-0.2, -0.15) is 0 Å². The number of anilines is 2. The first-order valence-electron chi connectivity index (χ1n) is 9.27. The van der Waals surface area contributed by atoms with Gasteiger partial charge in [-0.15, -0.1) is 11.3 Å². The van der Waals surface area contributed by atoms with Crippen molar-refractivity contribution < 1.29 is 9.18 Å². The monoisotopic (exact) mass is 399 g/mol. The number of aryl methyl sites for hydroxylation is 1. The molecule has 1 aromatic carbocycles. The lowest BCUT2D eigenvalue weighted by atomic mass is 10.1. The summed E-state index contributed by atoms with van der Waals surface area (Å²) in [4.78, 5) is 24.9. The van der Waals surface area contributed by atoms with Crippen molar-refractivity contribution in [2.75, 3.05) is 25.5 Å². The number of nitrogens with zero attached hydrogens (tertiary/aromatic N) is 3. The fourth-order valence-corrected chi connectivity index (χ4v) is 4.24. The van der Waals surface area contributed by atoms with Gasteiger partial charge in [0.05, 0.1) is 10.3 Å². The van der Waals surface area contributed by atoms with E-state index in [4.69, 9.17) is 0 Å². The number of piperidine rings is 1. The molecule has 1 fully saturated rings. The Kier molecular flexibility index (Phi) is 5.23. The molecule has 0 spiro atoms. The van der Waals surface area contributed by atoms with Crippen LogP contribution in [-0.4, -0.2) is 47.0 Å². The smallest absolute Gasteiger partial charge is 0.261 e. The maximum atomic E-state index is 13.5. The maximum absolute atomic E-state index is 13.5. The number of thiophene rings is 1. The Hall–Kier alpha value is -2.58. The van der Waals surface area contributed by atoms with E-state index in [1.165, 1.54) is 23.7 Å². The summed E-state index contributed by atoms with van der Waals surface area (Å²) in [6.45, 7) is 3.70. The number of amides is 1. The Balaban J connectivity index is 1.54. The van der Waals surface area contributed by atoms with Crippen molar-refractivity contribution in [1.29, 1.82) is 0 Å². The fourth-order valence-electron chi connectivity index (χ4n) is 3.34. The highest BCUT2D eigenvalue weighted by molar-refractivity contribution is 7.20. The average Bonchev–Trinajstić information content (AvgIpc) is 3.12. The van der Waals surface area contributed by atoms with Gasteiger partial charge < -0.3 is 15.5 Å². The standard InChI is InChI=1S/C20H22FN5OS/c1-12-9-14(3-4-16(12)21)24-18-15-10-17(28-20(15)23-11-22-18)19(27)25-13-5-7-26(2)8-6-13/h3-4,9-11,13H,5-8H2,1-2H3,(H,25,27)(H,22,23,24). The number of hydrogen-bond acceptors (Lipinski definition) is 6. The molecule has 28 heavy (non-hydrogen) atoms. The molecule has 0 radical (unpaired) electrons. The number of halogens is 1. The van der Waals surface area contributed by atoms with Crippen LogP contribution in [0.4, 0.5) is 15.9 Å². The molecule has 3 heterocycles. The second-order valence-electron chi connectivity index (χ2n) is 7.19. The van der Waals surface area contributed by atoms with Crippen molar-refractivity contribution in [3.8, 4) is 0 Å². The molecule has 6 nitrogen and oxygen atoms in total. The zero-order valence-corrected chi connectivity index (χ0v) is 16.6. The number of carbonyl (C=O) groups excluding carboxylic acids is 1. The molecule has 1 amide bonds. The summed E-state index contributed by atoms with van der Waals surface area (Å²) >= 11 is 1.35. The van der Waals surface area contributed by atoms with E-state index in [1.54, 1.807) is 19.1 Å². The number of likely N-dealkylation sites (tertiary alicyclic amines) is 1. The number of rotatable bonds is 4. The van der Waals surface area contributed by atoms with Crippen LogP contribution in [-0.2, 0) is 0 Å². The highest BCUT2D eigenvalue weighted by Crippen LogP contribution is 2.30. The predicted octanol–water partition coefficient (Wildman–Crippen LogP) is 3.71. The number of benzene rings is 1. The molecular weight excluding hydrogens is 377 g/mol. The van der Waals surface area contributed by atoms with Crippen molar-refractivity contribution in [2.45, 2.75) is 25.8 Å². The lowest BCUT2D eigenvalue weighted by Gasteiger charge is -2.29. The maximum Gasteiger partial charge on any atom is 0.261 e. The van der Waals surface area contributed by atoms with Crippen molar-refractivity contribution in [1.82, 2.24) is 20.2 Å². The van der Waals surface area contributed by atoms with Crippen molar-refractivity contribution >= 4 is 39.0 Å². The van der Waals surface area contributed by atoms with Gasteiger partial charge in [0.15, 0.2) is 0 Å². The fraction of sp³-hybridized carbons (Fsp3) is 0.350. The lowest BCUT2D eigenvalue weighted by Crippen LogP contribution is -2.43. The van der Waals surface area contributed by atoms with Crippen LogP contribution in [0.3, 0.4) is 0 Å². The number of hydrogen-bond donors (Lipinski definition) is 2. The summed E-state index contributed by atoms with van der Waals surface area (Å²) in [5, 5.41) is 7.12. The molecule has 146 valence electrons. The first-order chi connectivity index (χ1) is 13.5. The lowest BCUT2D eigenvalue weighted by molar-refractivity contribution is 0.0921. The van der Waals surface area contributed by atoms with E-state index < -0.39 is 0 Å². The zero-order chi connectivity index (χ0) is 19.7. The molecule has 2 aromatic heterocycles. The minimum Gasteiger partial charge on any atom is -0.349 e. The van der Waals surface area contributed by atoms with Crippen LogP contribution in [0, 0.1) is 12.7 Å². The molecule has 0 atom stereocenters. The van der Waals surface area contributed by atoms with Gasteiger partial charge in [-0.25, -0.2) is 14.4 Å². The second-order valence-corrected chi connectivity index (χ2v) is 8.22. The third-order valence-corrected chi connectivity index (χ3v) is 6.07. The third kappa shape index (κ3) is 3.98. The Labute approximate surface area is 166 Å². The first-order valence-corrected chi connectivity index (χ1v) is 10.1. The van der Waals surface area contributed by atoms with Gasteiger partial charge in [0.1, 0.15) is 22.8 Å². The minimum atomic E-state index is -0.248. The number of carbonyl (C=O) groups is 1. The topological polar surface area (TPSA) is 70.1 Å². The summed E-state index contributed by atoms with van der Waals surface area (Å²) in [7, 11) is 2.10. The third-order valence-electron chi connectivity index (χ3n) is 5.03. The average molecular weight is 399 g/mol. The predicted molar refractivity (Wildman–Crippen MR) is 110 cm³/mol. The summed E-state index contributed by atoms with van der Waals surface area (Å²) in [5.74, 6) is 0.286. The first kappa shape index (κ1) is 18.8. The van der Waals surface area contributed by atoms with Gasteiger partial charge in [-0.05, 0) is 69.7 Å². The Morgan fingerprint density at radius 2 is 2.04 bits per heavy atom. The van der Waals surface area contributed by atoms with Crippen molar-refractivity contribution in [2.24, 2.45) is 0 Å². The van der Waals surface area contributed by atoms with Gasteiger partial charge in [0.2, 0.25) is 0 Å². The number of fused-ring (bicyclic) bond motifs is 1. The Morgan fingerprint density at radius 3 is 2.79 bits per heavy atom. The molecule has 1 aliphatic rings. The summed E-state index contributed by atoms with van der Waals surface area (Å²) in [5.41, 5.74) is 1.29. The second kappa shape index (κ2) is 7.81. The molecule has 2 N–H and O–H groups in total. The SMILES string of the molecule is Cc1cc(Nc2ncnc3sc(C(=O)NC4CCN(C)CC4)cc23)ccc1F. The van der Waals surface area contributed by atoms with Gasteiger partial charge in [0.25, 0.3) is 5.91 Å². The Bertz CT molecular complexity index is 1010. The minimum absolute atomic E-state index is 0.0684. The highest BCUT2D eigenvalue weighted by Gasteiger charge is 2.21. The van der Waals surface area contributed by atoms with E-state index in [2.05, 4.69) is 32.5 Å². The van der Waals surface area contributed by atoms with Gasteiger partial charge in [-0.3, -0.25) is 4.79 Å². The Morgan fingerprint density at radius 1 is 1.25 bits per heavy atom. The summed E-state index contributed by atoms with van der Waals surface area (Å²) < 4.78 is 13.5. The molecular formula is C20H22FN5OS. The van der Waals surface area contributed by atoms with E-state index in [0.717, 1.165) is 41.8 Å². The number of aromatic nitrogens is 2. The molecule has 0 unspecified atom stereocenters. The van der Waals surface area contributed by atoms with Crippen LogP contribution < -0.4 is 10.6 Å². The highest BCUT2D eigenvalue weighted by atomic mass is 32.1. The summed E-state index contributed by atoms with van der Waals surface area (Å²) in [6, 6.07) is 6.84. The van der Waals surface area contributed by atoms with Crippen LogP contribution in [0.25, 0.3) is 10.2 Å². The largest absolute Gasteiger partial charge is 0.349 e. The molecule has 3 aromatic rings. The zero-order valence-electron chi connectivity index (χ0n) is 15.8. The molecule has 1 aliphatic heterocycles. The van der Waals surface area contributed by atoms with Crippen molar-refractivity contribution in [3.05, 3.63) is 46.9 Å². The molecule has 8 heteroatoms. The van der Waals surface area contributed by atoms with Gasteiger partial charge >= 0.3 is 0 Å². The van der Waals surface area contributed by atoms with E-state index in [9.17, 15) is 9.18 Å². The molecule has 4 rings (SSSR count). The van der Waals surface area contributed by atoms with Crippen molar-refractivity contribution in [3.63, 3.8) is 0 Å². The van der Waals surface area contributed by atoms with E-state index in [-0.39, 0.29) is 17.8 Å².